The van der Waals surface area contributed by atoms with Crippen LogP contribution in [0.4, 0.5) is 0 Å². The van der Waals surface area contributed by atoms with Gasteiger partial charge < -0.3 is 0 Å². The van der Waals surface area contributed by atoms with E-state index in [0.29, 0.717) is 0 Å². The second-order valence-corrected chi connectivity index (χ2v) is 18.0. The summed E-state index contributed by atoms with van der Waals surface area (Å²) in [6.45, 7) is 0. The highest BCUT2D eigenvalue weighted by atomic mass is 14.8. The van der Waals surface area contributed by atoms with Gasteiger partial charge in [-0.1, -0.05) is 231 Å². The SMILES string of the molecule is c1ccc(-c2cccc(C3(c4cccc(-c5cc(-c6cccc(C7(c8cccc(-c9ccccc9)c8)c8ccccc8-c8ccccc87)c6)ncn5)c4)c4ccccc4-c4ccccc43)c2)cc1. The van der Waals surface area contributed by atoms with Gasteiger partial charge in [0, 0.05) is 11.1 Å². The van der Waals surface area contributed by atoms with Gasteiger partial charge in [-0.05, 0) is 119 Å². The van der Waals surface area contributed by atoms with Crippen molar-refractivity contribution < 1.29 is 0 Å². The lowest BCUT2D eigenvalue weighted by atomic mass is 9.67. The molecule has 2 aliphatic carbocycles. The molecule has 2 nitrogen and oxygen atoms in total. The molecular formula is C66H44N2. The maximum absolute atomic E-state index is 4.99. The van der Waals surface area contributed by atoms with E-state index in [1.54, 1.807) is 6.33 Å². The minimum absolute atomic E-state index is 0.571. The van der Waals surface area contributed by atoms with E-state index in [4.69, 9.17) is 9.97 Å². The molecule has 0 unspecified atom stereocenters. The Hall–Kier alpha value is -8.72. The average molecular weight is 865 g/mol. The Morgan fingerprint density at radius 2 is 0.500 bits per heavy atom. The van der Waals surface area contributed by atoms with E-state index in [1.165, 1.54) is 89.0 Å². The Morgan fingerprint density at radius 3 is 0.853 bits per heavy atom. The molecule has 1 heterocycles. The van der Waals surface area contributed by atoms with Crippen LogP contribution in [0.5, 0.6) is 0 Å². The Bertz CT molecular complexity index is 3370. The molecule has 68 heavy (non-hydrogen) atoms. The summed E-state index contributed by atoms with van der Waals surface area (Å²) in [5.41, 5.74) is 22.5. The fourth-order valence-electron chi connectivity index (χ4n) is 11.7. The summed E-state index contributed by atoms with van der Waals surface area (Å²) < 4.78 is 0. The third-order valence-corrected chi connectivity index (χ3v) is 14.6. The molecule has 0 atom stereocenters. The van der Waals surface area contributed by atoms with Crippen molar-refractivity contribution >= 4 is 0 Å². The standard InChI is InChI=1S/C66H44N2/c1-3-19-45(20-4-1)47-23-15-27-51(39-47)65(59-35-11-7-31-55(59)56-32-8-12-36-60(56)65)53-29-17-25-49(41-53)63-43-64(68-44-67-63)50-26-18-30-54(42-50)66(52-28-16-24-48(40-52)46-21-5-2-6-22-46)61-37-13-9-33-57(61)58-34-10-14-38-62(58)66/h1-44H. The fourth-order valence-corrected chi connectivity index (χ4v) is 11.7. The van der Waals surface area contributed by atoms with Crippen molar-refractivity contribution in [2.45, 2.75) is 10.8 Å². The third-order valence-electron chi connectivity index (χ3n) is 14.6. The predicted molar refractivity (Wildman–Crippen MR) is 278 cm³/mol. The van der Waals surface area contributed by atoms with Crippen LogP contribution >= 0.6 is 0 Å². The van der Waals surface area contributed by atoms with Crippen LogP contribution in [-0.2, 0) is 10.8 Å². The first kappa shape index (κ1) is 39.6. The summed E-state index contributed by atoms with van der Waals surface area (Å²) in [5.74, 6) is 0. The number of fused-ring (bicyclic) bond motifs is 6. The van der Waals surface area contributed by atoms with Gasteiger partial charge in [0.05, 0.1) is 22.2 Å². The van der Waals surface area contributed by atoms with Gasteiger partial charge in [-0.2, -0.15) is 0 Å². The smallest absolute Gasteiger partial charge is 0.116 e. The molecule has 0 radical (unpaired) electrons. The molecule has 2 heteroatoms. The first-order valence-corrected chi connectivity index (χ1v) is 23.5. The molecule has 13 rings (SSSR count). The summed E-state index contributed by atoms with van der Waals surface area (Å²) in [7, 11) is 0. The monoisotopic (exact) mass is 864 g/mol. The lowest BCUT2D eigenvalue weighted by molar-refractivity contribution is 0.769. The van der Waals surface area contributed by atoms with Crippen molar-refractivity contribution in [1.82, 2.24) is 9.97 Å². The molecule has 10 aromatic carbocycles. The molecule has 11 aromatic rings. The minimum Gasteiger partial charge on any atom is -0.236 e. The van der Waals surface area contributed by atoms with E-state index in [-0.39, 0.29) is 0 Å². The van der Waals surface area contributed by atoms with Gasteiger partial charge in [-0.3, -0.25) is 0 Å². The van der Waals surface area contributed by atoms with E-state index in [9.17, 15) is 0 Å². The summed E-state index contributed by atoms with van der Waals surface area (Å²) in [6.07, 6.45) is 1.72. The lowest BCUT2D eigenvalue weighted by Gasteiger charge is -2.34. The van der Waals surface area contributed by atoms with Gasteiger partial charge >= 0.3 is 0 Å². The van der Waals surface area contributed by atoms with Gasteiger partial charge in [-0.15, -0.1) is 0 Å². The zero-order chi connectivity index (χ0) is 45.1. The second-order valence-electron chi connectivity index (χ2n) is 18.0. The molecule has 0 saturated heterocycles. The number of nitrogens with zero attached hydrogens (tertiary/aromatic N) is 2. The molecule has 0 fully saturated rings. The van der Waals surface area contributed by atoms with Gasteiger partial charge in [0.2, 0.25) is 0 Å². The van der Waals surface area contributed by atoms with Crippen molar-refractivity contribution in [3.63, 3.8) is 0 Å². The van der Waals surface area contributed by atoms with Crippen LogP contribution in [0.1, 0.15) is 44.5 Å². The number of hydrogen-bond acceptors (Lipinski definition) is 2. The summed E-state index contributed by atoms with van der Waals surface area (Å²) in [6, 6.07) is 95.7. The highest BCUT2D eigenvalue weighted by Crippen LogP contribution is 2.58. The first-order valence-electron chi connectivity index (χ1n) is 23.5. The molecule has 0 saturated carbocycles. The summed E-state index contributed by atoms with van der Waals surface area (Å²) in [5, 5.41) is 0. The van der Waals surface area contributed by atoms with Gasteiger partial charge in [0.25, 0.3) is 0 Å². The Kier molecular flexibility index (Phi) is 9.33. The van der Waals surface area contributed by atoms with Gasteiger partial charge in [0.1, 0.15) is 6.33 Å². The van der Waals surface area contributed by atoms with Crippen molar-refractivity contribution in [2.24, 2.45) is 0 Å². The van der Waals surface area contributed by atoms with Crippen molar-refractivity contribution in [2.75, 3.05) is 0 Å². The third kappa shape index (κ3) is 6.04. The number of rotatable bonds is 8. The highest BCUT2D eigenvalue weighted by Gasteiger charge is 2.47. The van der Waals surface area contributed by atoms with Gasteiger partial charge in [0.15, 0.2) is 0 Å². The van der Waals surface area contributed by atoms with Crippen LogP contribution in [0.3, 0.4) is 0 Å². The van der Waals surface area contributed by atoms with Crippen LogP contribution in [0.2, 0.25) is 0 Å². The molecule has 0 spiro atoms. The zero-order valence-corrected chi connectivity index (χ0v) is 37.3. The first-order chi connectivity index (χ1) is 33.7. The molecule has 318 valence electrons. The topological polar surface area (TPSA) is 25.8 Å². The van der Waals surface area contributed by atoms with Crippen LogP contribution < -0.4 is 0 Å². The van der Waals surface area contributed by atoms with E-state index < -0.39 is 10.8 Å². The van der Waals surface area contributed by atoms with Crippen LogP contribution in [0.15, 0.2) is 267 Å². The largest absolute Gasteiger partial charge is 0.236 e. The van der Waals surface area contributed by atoms with Crippen LogP contribution in [0, 0.1) is 0 Å². The number of aromatic nitrogens is 2. The predicted octanol–water partition coefficient (Wildman–Crippen LogP) is 15.9. The summed E-state index contributed by atoms with van der Waals surface area (Å²) in [4.78, 5) is 9.98. The minimum atomic E-state index is -0.571. The maximum Gasteiger partial charge on any atom is 0.116 e. The fraction of sp³-hybridized carbons (Fsp3) is 0.0303. The van der Waals surface area contributed by atoms with E-state index in [0.717, 1.165) is 22.5 Å². The maximum atomic E-state index is 4.99. The molecule has 1 aromatic heterocycles. The Labute approximate surface area is 397 Å². The Morgan fingerprint density at radius 1 is 0.221 bits per heavy atom. The zero-order valence-electron chi connectivity index (χ0n) is 37.3. The second kappa shape index (κ2) is 16.0. The number of benzene rings is 10. The van der Waals surface area contributed by atoms with E-state index in [2.05, 4.69) is 261 Å². The molecule has 2 aliphatic rings. The molecule has 0 N–H and O–H groups in total. The molecular weight excluding hydrogens is 821 g/mol. The highest BCUT2D eigenvalue weighted by molar-refractivity contribution is 5.89. The lowest BCUT2D eigenvalue weighted by Crippen LogP contribution is -2.28. The normalized spacial score (nSPS) is 13.5. The van der Waals surface area contributed by atoms with E-state index in [1.807, 2.05) is 0 Å². The van der Waals surface area contributed by atoms with Crippen molar-refractivity contribution in [1.29, 1.82) is 0 Å². The quantitative estimate of drug-likeness (QED) is 0.152. The molecule has 0 bridgehead atoms. The van der Waals surface area contributed by atoms with Gasteiger partial charge in [-0.25, -0.2) is 9.97 Å². The van der Waals surface area contributed by atoms with Crippen LogP contribution in [-0.4, -0.2) is 9.97 Å². The summed E-state index contributed by atoms with van der Waals surface area (Å²) >= 11 is 0. The van der Waals surface area contributed by atoms with Crippen molar-refractivity contribution in [3.8, 4) is 67.0 Å². The van der Waals surface area contributed by atoms with Crippen LogP contribution in [0.25, 0.3) is 67.0 Å². The van der Waals surface area contributed by atoms with Crippen molar-refractivity contribution in [3.05, 3.63) is 312 Å². The van der Waals surface area contributed by atoms with E-state index >= 15 is 0 Å². The average Bonchev–Trinajstić information content (AvgIpc) is 3.90. The Balaban J connectivity index is 0.964. The molecule has 0 amide bonds. The number of hydrogen-bond donors (Lipinski definition) is 0. The molecule has 0 aliphatic heterocycles.